The van der Waals surface area contributed by atoms with Crippen LogP contribution < -0.4 is 0 Å². The average Bonchev–Trinajstić information content (AvgIpc) is 2.74. The summed E-state index contributed by atoms with van der Waals surface area (Å²) in [6, 6.07) is 15.7. The summed E-state index contributed by atoms with van der Waals surface area (Å²) in [6.45, 7) is 2.27. The van der Waals surface area contributed by atoms with Gasteiger partial charge in [0.1, 0.15) is 0 Å². The Balaban J connectivity index is 1.51. The number of thioether (sulfide) groups is 1. The molecule has 0 saturated heterocycles. The van der Waals surface area contributed by atoms with Crippen molar-refractivity contribution < 1.29 is 8.78 Å². The third kappa shape index (κ3) is 7.19. The number of hydrogen-bond acceptors (Lipinski definition) is 1. The maximum atomic E-state index is 12.4. The number of halogens is 2. The standard InChI is InChI=1S/C26H30F2S/c1-2-3-4-5-20-8-14-23(15-9-20)24-16-10-21(11-17-24)6-7-22-12-18-25(19-13-22)29-26(27)28/h10-13,16-20,23,26H,2-5,8-9,14-15H2,1H3/t20-,23-. The van der Waals surface area contributed by atoms with Crippen LogP contribution in [0.2, 0.25) is 0 Å². The molecular weight excluding hydrogens is 382 g/mol. The summed E-state index contributed by atoms with van der Waals surface area (Å²) in [5.74, 6) is 5.55. The SMILES string of the molecule is CCCCC[C@H]1CC[C@H](c2ccc(C#Cc3ccc(SC(F)F)cc3)cc2)CC1. The fourth-order valence-corrected chi connectivity index (χ4v) is 4.67. The van der Waals surface area contributed by atoms with Crippen LogP contribution in [0, 0.1) is 17.8 Å². The number of alkyl halides is 2. The third-order valence-electron chi connectivity index (χ3n) is 5.88. The Hall–Kier alpha value is -1.79. The third-order valence-corrected chi connectivity index (χ3v) is 6.60. The second-order valence-corrected chi connectivity index (χ2v) is 9.05. The van der Waals surface area contributed by atoms with E-state index in [1.807, 2.05) is 0 Å². The summed E-state index contributed by atoms with van der Waals surface area (Å²) >= 11 is 0.560. The van der Waals surface area contributed by atoms with Gasteiger partial charge in [-0.25, -0.2) is 0 Å². The largest absolute Gasteiger partial charge is 0.288 e. The first-order valence-corrected chi connectivity index (χ1v) is 11.7. The Morgan fingerprint density at radius 3 is 2.00 bits per heavy atom. The van der Waals surface area contributed by atoms with Crippen LogP contribution in [0.5, 0.6) is 0 Å². The van der Waals surface area contributed by atoms with Gasteiger partial charge in [0.15, 0.2) is 0 Å². The number of hydrogen-bond donors (Lipinski definition) is 0. The van der Waals surface area contributed by atoms with E-state index in [1.54, 1.807) is 24.3 Å². The molecule has 154 valence electrons. The van der Waals surface area contributed by atoms with Gasteiger partial charge in [0, 0.05) is 16.0 Å². The number of benzene rings is 2. The van der Waals surface area contributed by atoms with Gasteiger partial charge in [0.05, 0.1) is 0 Å². The first-order valence-electron chi connectivity index (χ1n) is 10.8. The van der Waals surface area contributed by atoms with E-state index in [1.165, 1.54) is 56.9 Å². The summed E-state index contributed by atoms with van der Waals surface area (Å²) in [5, 5.41) is 0. The minimum atomic E-state index is -2.39. The van der Waals surface area contributed by atoms with Crippen molar-refractivity contribution in [3.8, 4) is 11.8 Å². The highest BCUT2D eigenvalue weighted by Crippen LogP contribution is 2.37. The molecule has 1 aliphatic carbocycles. The molecule has 0 spiro atoms. The molecule has 3 rings (SSSR count). The van der Waals surface area contributed by atoms with Gasteiger partial charge < -0.3 is 0 Å². The molecule has 3 heteroatoms. The van der Waals surface area contributed by atoms with Gasteiger partial charge in [-0.1, -0.05) is 68.3 Å². The van der Waals surface area contributed by atoms with Gasteiger partial charge in [-0.05, 0) is 79.5 Å². The van der Waals surface area contributed by atoms with E-state index in [4.69, 9.17) is 0 Å². The Bertz CT molecular complexity index is 791. The molecule has 0 radical (unpaired) electrons. The van der Waals surface area contributed by atoms with Crippen LogP contribution in [0.25, 0.3) is 0 Å². The fourth-order valence-electron chi connectivity index (χ4n) is 4.17. The Morgan fingerprint density at radius 1 is 0.862 bits per heavy atom. The number of rotatable bonds is 7. The molecule has 0 nitrogen and oxygen atoms in total. The highest BCUT2D eigenvalue weighted by Gasteiger charge is 2.21. The van der Waals surface area contributed by atoms with Crippen LogP contribution in [0.1, 0.15) is 80.9 Å². The van der Waals surface area contributed by atoms with Crippen LogP contribution in [0.15, 0.2) is 53.4 Å². The van der Waals surface area contributed by atoms with Crippen molar-refractivity contribution >= 4 is 11.8 Å². The van der Waals surface area contributed by atoms with E-state index in [0.29, 0.717) is 22.6 Å². The Kier molecular flexibility index (Phi) is 8.62. The van der Waals surface area contributed by atoms with Crippen LogP contribution >= 0.6 is 11.8 Å². The predicted octanol–water partition coefficient (Wildman–Crippen LogP) is 8.26. The molecule has 1 saturated carbocycles. The second-order valence-electron chi connectivity index (χ2n) is 7.99. The minimum Gasteiger partial charge on any atom is -0.198 e. The normalized spacial score (nSPS) is 19.0. The molecule has 0 N–H and O–H groups in total. The summed E-state index contributed by atoms with van der Waals surface area (Å²) in [6.07, 6.45) is 10.9. The quantitative estimate of drug-likeness (QED) is 0.250. The van der Waals surface area contributed by atoms with E-state index >= 15 is 0 Å². The molecule has 1 fully saturated rings. The Labute approximate surface area is 178 Å². The lowest BCUT2D eigenvalue weighted by Crippen LogP contribution is -2.13. The Morgan fingerprint density at radius 2 is 1.45 bits per heavy atom. The molecule has 0 amide bonds. The van der Waals surface area contributed by atoms with Crippen molar-refractivity contribution in [3.05, 3.63) is 65.2 Å². The summed E-state index contributed by atoms with van der Waals surface area (Å²) in [7, 11) is 0. The molecule has 2 aromatic carbocycles. The highest BCUT2D eigenvalue weighted by molar-refractivity contribution is 7.99. The zero-order valence-electron chi connectivity index (χ0n) is 17.2. The predicted molar refractivity (Wildman–Crippen MR) is 120 cm³/mol. The average molecular weight is 413 g/mol. The van der Waals surface area contributed by atoms with Crippen LogP contribution in [0.4, 0.5) is 8.78 Å². The molecule has 0 aromatic heterocycles. The maximum absolute atomic E-state index is 12.4. The molecule has 2 aromatic rings. The lowest BCUT2D eigenvalue weighted by molar-refractivity contribution is 0.252. The first kappa shape index (κ1) is 21.9. The van der Waals surface area contributed by atoms with E-state index in [-0.39, 0.29) is 0 Å². The van der Waals surface area contributed by atoms with E-state index < -0.39 is 5.76 Å². The van der Waals surface area contributed by atoms with Gasteiger partial charge >= 0.3 is 0 Å². The van der Waals surface area contributed by atoms with Gasteiger partial charge in [-0.2, -0.15) is 8.78 Å². The summed E-state index contributed by atoms with van der Waals surface area (Å²) in [5.41, 5.74) is 3.28. The van der Waals surface area contributed by atoms with Crippen molar-refractivity contribution in [1.29, 1.82) is 0 Å². The molecule has 0 heterocycles. The van der Waals surface area contributed by atoms with E-state index in [9.17, 15) is 8.78 Å². The van der Waals surface area contributed by atoms with Crippen molar-refractivity contribution in [2.24, 2.45) is 5.92 Å². The second kappa shape index (κ2) is 11.4. The highest BCUT2D eigenvalue weighted by atomic mass is 32.2. The van der Waals surface area contributed by atoms with Crippen molar-refractivity contribution in [2.75, 3.05) is 0 Å². The zero-order valence-corrected chi connectivity index (χ0v) is 18.0. The zero-order chi connectivity index (χ0) is 20.5. The lowest BCUT2D eigenvalue weighted by Gasteiger charge is -2.29. The van der Waals surface area contributed by atoms with Crippen LogP contribution in [0.3, 0.4) is 0 Å². The molecule has 0 bridgehead atoms. The monoisotopic (exact) mass is 412 g/mol. The van der Waals surface area contributed by atoms with Crippen molar-refractivity contribution in [1.82, 2.24) is 0 Å². The topological polar surface area (TPSA) is 0 Å². The minimum absolute atomic E-state index is 0.560. The fraction of sp³-hybridized carbons (Fsp3) is 0.462. The molecular formula is C26H30F2S. The summed E-state index contributed by atoms with van der Waals surface area (Å²) < 4.78 is 24.7. The number of unbranched alkanes of at least 4 members (excludes halogenated alkanes) is 2. The lowest BCUT2D eigenvalue weighted by atomic mass is 9.77. The maximum Gasteiger partial charge on any atom is 0.288 e. The molecule has 0 aliphatic heterocycles. The molecule has 1 aliphatic rings. The van der Waals surface area contributed by atoms with Crippen LogP contribution in [-0.4, -0.2) is 5.76 Å². The van der Waals surface area contributed by atoms with Gasteiger partial charge in [0.25, 0.3) is 5.76 Å². The van der Waals surface area contributed by atoms with Crippen LogP contribution in [-0.2, 0) is 0 Å². The summed E-state index contributed by atoms with van der Waals surface area (Å²) in [4.78, 5) is 0.565. The van der Waals surface area contributed by atoms with Gasteiger partial charge in [-0.15, -0.1) is 0 Å². The van der Waals surface area contributed by atoms with E-state index in [0.717, 1.165) is 17.0 Å². The van der Waals surface area contributed by atoms with Gasteiger partial charge in [0.2, 0.25) is 0 Å². The van der Waals surface area contributed by atoms with Crippen molar-refractivity contribution in [3.63, 3.8) is 0 Å². The smallest absolute Gasteiger partial charge is 0.198 e. The van der Waals surface area contributed by atoms with E-state index in [2.05, 4.69) is 43.0 Å². The molecule has 29 heavy (non-hydrogen) atoms. The molecule has 0 unspecified atom stereocenters. The molecule has 0 atom stereocenters. The van der Waals surface area contributed by atoms with Gasteiger partial charge in [-0.3, -0.25) is 0 Å². The first-order chi connectivity index (χ1) is 14.1. The van der Waals surface area contributed by atoms with Crippen molar-refractivity contribution in [2.45, 2.75) is 74.9 Å².